The molecule has 0 saturated carbocycles. The van der Waals surface area contributed by atoms with Crippen LogP contribution in [0.3, 0.4) is 0 Å². The van der Waals surface area contributed by atoms with Gasteiger partial charge in [0, 0.05) is 38.1 Å². The van der Waals surface area contributed by atoms with Gasteiger partial charge in [-0.25, -0.2) is 9.37 Å². The van der Waals surface area contributed by atoms with Crippen molar-refractivity contribution in [1.82, 2.24) is 14.7 Å². The maximum atomic E-state index is 14.0. The Hall–Kier alpha value is -3.23. The molecule has 1 unspecified atom stereocenters. The second-order valence-corrected chi connectivity index (χ2v) is 9.11. The fraction of sp³-hybridized carbons (Fsp3) is 0.125. The molecule has 1 aliphatic rings. The molecule has 3 heterocycles. The van der Waals surface area contributed by atoms with Crippen molar-refractivity contribution in [3.05, 3.63) is 98.1 Å². The highest BCUT2D eigenvalue weighted by molar-refractivity contribution is 9.10. The number of amides is 2. The van der Waals surface area contributed by atoms with Crippen molar-refractivity contribution >= 4 is 50.7 Å². The number of halogens is 3. The normalized spacial score (nSPS) is 14.9. The van der Waals surface area contributed by atoms with Crippen molar-refractivity contribution in [3.63, 3.8) is 0 Å². The van der Waals surface area contributed by atoms with Gasteiger partial charge < -0.3 is 15.0 Å². The predicted octanol–water partition coefficient (Wildman–Crippen LogP) is 5.21. The highest BCUT2D eigenvalue weighted by atomic mass is 79.9. The van der Waals surface area contributed by atoms with Crippen molar-refractivity contribution in [2.24, 2.45) is 0 Å². The molecule has 2 aromatic heterocycles. The Morgan fingerprint density at radius 1 is 1.27 bits per heavy atom. The summed E-state index contributed by atoms with van der Waals surface area (Å²) in [5.41, 5.74) is 4.08. The number of nitrogens with zero attached hydrogens (tertiary/aromatic N) is 2. The molecule has 0 saturated heterocycles. The first-order valence-corrected chi connectivity index (χ1v) is 11.3. The number of aryl methyl sites for hydroxylation is 1. The number of aromatic nitrogens is 2. The molecule has 166 valence electrons. The number of anilines is 1. The molecular weight excluding hydrogens is 511 g/mol. The number of hydrogen-bond donors (Lipinski definition) is 2. The van der Waals surface area contributed by atoms with Crippen LogP contribution in [-0.4, -0.2) is 21.2 Å². The molecule has 2 aromatic carbocycles. The van der Waals surface area contributed by atoms with E-state index in [4.69, 9.17) is 11.6 Å². The van der Waals surface area contributed by atoms with Gasteiger partial charge in [-0.15, -0.1) is 0 Å². The molecule has 1 atom stereocenters. The van der Waals surface area contributed by atoms with Gasteiger partial charge in [0.2, 0.25) is 5.91 Å². The molecule has 0 aliphatic carbocycles. The summed E-state index contributed by atoms with van der Waals surface area (Å²) in [5, 5.41) is 6.09. The van der Waals surface area contributed by atoms with Gasteiger partial charge in [-0.2, -0.15) is 0 Å². The van der Waals surface area contributed by atoms with Crippen LogP contribution in [0.5, 0.6) is 0 Å². The minimum atomic E-state index is -0.698. The zero-order valence-electron chi connectivity index (χ0n) is 17.3. The highest BCUT2D eigenvalue weighted by Crippen LogP contribution is 2.40. The lowest BCUT2D eigenvalue weighted by molar-refractivity contribution is -0.115. The Morgan fingerprint density at radius 3 is 2.91 bits per heavy atom. The van der Waals surface area contributed by atoms with E-state index < -0.39 is 11.9 Å². The SMILES string of the molecule is Cc1nc2ccccn2c1CC(=O)Nc1cc(Br)cc2c1C(c1cc(F)ccc1Cl)NC2=O. The average molecular weight is 528 g/mol. The number of rotatable bonds is 4. The second kappa shape index (κ2) is 8.28. The van der Waals surface area contributed by atoms with E-state index in [1.807, 2.05) is 35.7 Å². The minimum absolute atomic E-state index is 0.0884. The number of carbonyl (C=O) groups is 2. The number of imidazole rings is 1. The van der Waals surface area contributed by atoms with Crippen molar-refractivity contribution < 1.29 is 14.0 Å². The Kier molecular flexibility index (Phi) is 5.42. The van der Waals surface area contributed by atoms with Crippen LogP contribution in [0.4, 0.5) is 10.1 Å². The van der Waals surface area contributed by atoms with Crippen LogP contribution in [0.1, 0.15) is 38.9 Å². The van der Waals surface area contributed by atoms with Crippen LogP contribution in [0.25, 0.3) is 5.65 Å². The molecule has 0 bridgehead atoms. The summed E-state index contributed by atoms with van der Waals surface area (Å²) in [4.78, 5) is 30.3. The van der Waals surface area contributed by atoms with Crippen LogP contribution in [0.15, 0.2) is 59.2 Å². The number of carbonyl (C=O) groups excluding carboxylic acids is 2. The Balaban J connectivity index is 1.52. The third-order valence-corrected chi connectivity index (χ3v) is 6.46. The van der Waals surface area contributed by atoms with Crippen molar-refractivity contribution in [2.45, 2.75) is 19.4 Å². The molecule has 0 spiro atoms. The molecule has 4 aromatic rings. The first-order chi connectivity index (χ1) is 15.8. The summed E-state index contributed by atoms with van der Waals surface area (Å²) in [5.74, 6) is -1.07. The lowest BCUT2D eigenvalue weighted by atomic mass is 9.96. The first kappa shape index (κ1) is 21.6. The van der Waals surface area contributed by atoms with Gasteiger partial charge in [0.15, 0.2) is 0 Å². The van der Waals surface area contributed by atoms with Crippen LogP contribution in [-0.2, 0) is 11.2 Å². The van der Waals surface area contributed by atoms with Gasteiger partial charge >= 0.3 is 0 Å². The predicted molar refractivity (Wildman–Crippen MR) is 127 cm³/mol. The molecular formula is C24H17BrClFN4O2. The zero-order chi connectivity index (χ0) is 23.3. The number of fused-ring (bicyclic) bond motifs is 2. The molecule has 5 rings (SSSR count). The Bertz CT molecular complexity index is 1450. The molecule has 6 nitrogen and oxygen atoms in total. The van der Waals surface area contributed by atoms with Crippen LogP contribution in [0, 0.1) is 12.7 Å². The molecule has 2 amide bonds. The maximum absolute atomic E-state index is 14.0. The van der Waals surface area contributed by atoms with E-state index in [0.717, 1.165) is 17.0 Å². The first-order valence-electron chi connectivity index (χ1n) is 10.1. The fourth-order valence-electron chi connectivity index (χ4n) is 4.19. The third-order valence-electron chi connectivity index (χ3n) is 5.65. The topological polar surface area (TPSA) is 75.5 Å². The summed E-state index contributed by atoms with van der Waals surface area (Å²) >= 11 is 9.73. The monoisotopic (exact) mass is 526 g/mol. The number of pyridine rings is 1. The van der Waals surface area contributed by atoms with Gasteiger partial charge in [-0.05, 0) is 49.4 Å². The van der Waals surface area contributed by atoms with E-state index in [9.17, 15) is 14.0 Å². The number of nitrogens with one attached hydrogen (secondary N) is 2. The number of benzene rings is 2. The van der Waals surface area contributed by atoms with Crippen molar-refractivity contribution in [2.75, 3.05) is 5.32 Å². The fourth-order valence-corrected chi connectivity index (χ4v) is 4.88. The molecule has 0 radical (unpaired) electrons. The molecule has 2 N–H and O–H groups in total. The van der Waals surface area contributed by atoms with Gasteiger partial charge in [0.05, 0.1) is 23.9 Å². The molecule has 0 fully saturated rings. The van der Waals surface area contributed by atoms with Crippen LogP contribution < -0.4 is 10.6 Å². The Labute approximate surface area is 201 Å². The maximum Gasteiger partial charge on any atom is 0.252 e. The summed E-state index contributed by atoms with van der Waals surface area (Å²) in [6.45, 7) is 1.86. The van der Waals surface area contributed by atoms with Crippen LogP contribution >= 0.6 is 27.5 Å². The van der Waals surface area contributed by atoms with Gasteiger partial charge in [0.1, 0.15) is 11.5 Å². The van der Waals surface area contributed by atoms with E-state index in [0.29, 0.717) is 31.9 Å². The van der Waals surface area contributed by atoms with E-state index in [1.54, 1.807) is 12.1 Å². The largest absolute Gasteiger partial charge is 0.341 e. The number of hydrogen-bond acceptors (Lipinski definition) is 3. The lowest BCUT2D eigenvalue weighted by Crippen LogP contribution is -2.21. The minimum Gasteiger partial charge on any atom is -0.341 e. The molecule has 33 heavy (non-hydrogen) atoms. The zero-order valence-corrected chi connectivity index (χ0v) is 19.7. The smallest absolute Gasteiger partial charge is 0.252 e. The van der Waals surface area contributed by atoms with Crippen molar-refractivity contribution in [3.8, 4) is 0 Å². The summed E-state index contributed by atoms with van der Waals surface area (Å²) in [7, 11) is 0. The summed E-state index contributed by atoms with van der Waals surface area (Å²) in [6.07, 6.45) is 1.95. The Morgan fingerprint density at radius 2 is 2.09 bits per heavy atom. The van der Waals surface area contributed by atoms with Crippen molar-refractivity contribution in [1.29, 1.82) is 0 Å². The standard InChI is InChI=1S/C24H17BrClFN4O2/c1-12-19(31-7-3-2-4-20(31)28-12)11-21(32)29-18-9-13(25)8-16-22(18)23(30-24(16)33)15-10-14(27)5-6-17(15)26/h2-10,23H,11H2,1H3,(H,29,32)(H,30,33). The molecule has 1 aliphatic heterocycles. The van der Waals surface area contributed by atoms with E-state index >= 15 is 0 Å². The van der Waals surface area contributed by atoms with Crippen LogP contribution in [0.2, 0.25) is 5.02 Å². The van der Waals surface area contributed by atoms with Gasteiger partial charge in [-0.3, -0.25) is 9.59 Å². The average Bonchev–Trinajstić information content (AvgIpc) is 3.26. The van der Waals surface area contributed by atoms with Gasteiger partial charge in [-0.1, -0.05) is 33.6 Å². The van der Waals surface area contributed by atoms with E-state index in [-0.39, 0.29) is 18.2 Å². The highest BCUT2D eigenvalue weighted by Gasteiger charge is 2.34. The second-order valence-electron chi connectivity index (χ2n) is 7.78. The lowest BCUT2D eigenvalue weighted by Gasteiger charge is -2.18. The third kappa shape index (κ3) is 3.89. The van der Waals surface area contributed by atoms with Gasteiger partial charge in [0.25, 0.3) is 5.91 Å². The van der Waals surface area contributed by atoms with E-state index in [1.165, 1.54) is 18.2 Å². The summed E-state index contributed by atoms with van der Waals surface area (Å²) < 4.78 is 16.5. The molecule has 9 heteroatoms. The quantitative estimate of drug-likeness (QED) is 0.382. The summed E-state index contributed by atoms with van der Waals surface area (Å²) in [6, 6.07) is 12.3. The van der Waals surface area contributed by atoms with E-state index in [2.05, 4.69) is 31.5 Å².